The predicted molar refractivity (Wildman–Crippen MR) is 67.6 cm³/mol. The van der Waals surface area contributed by atoms with Crippen LogP contribution in [0.5, 0.6) is 0 Å². The number of nitrogens with zero attached hydrogens (tertiary/aromatic N) is 1. The Kier molecular flexibility index (Phi) is 5.49. The third-order valence-electron chi connectivity index (χ3n) is 2.56. The molecule has 1 aromatic rings. The molecule has 1 aromatic carbocycles. The highest BCUT2D eigenvalue weighted by Crippen LogP contribution is 2.30. The molecule has 0 saturated carbocycles. The normalized spacial score (nSPS) is 14.2. The first-order valence-corrected chi connectivity index (χ1v) is 5.79. The molecule has 0 bridgehead atoms. The molecule has 1 rings (SSSR count). The van der Waals surface area contributed by atoms with Crippen molar-refractivity contribution in [2.75, 3.05) is 13.6 Å². The smallest absolute Gasteiger partial charge is 0.276 e. The Balaban J connectivity index is 2.97. The number of nitro benzene ring substituents is 1. The molecule has 0 aliphatic carbocycles. The zero-order chi connectivity index (χ0) is 13.7. The van der Waals surface area contributed by atoms with Crippen molar-refractivity contribution < 1.29 is 15.1 Å². The van der Waals surface area contributed by atoms with E-state index in [1.165, 1.54) is 12.1 Å². The number of aliphatic hydroxyl groups is 2. The zero-order valence-corrected chi connectivity index (χ0v) is 10.6. The van der Waals surface area contributed by atoms with Crippen LogP contribution in [0.15, 0.2) is 18.2 Å². The highest BCUT2D eigenvalue weighted by Gasteiger charge is 2.26. The lowest BCUT2D eigenvalue weighted by atomic mass is 10.0. The summed E-state index contributed by atoms with van der Waals surface area (Å²) in [5.74, 6) is 0. The zero-order valence-electron chi connectivity index (χ0n) is 9.84. The summed E-state index contributed by atoms with van der Waals surface area (Å²) in [4.78, 5) is 10.2. The molecule has 3 N–H and O–H groups in total. The van der Waals surface area contributed by atoms with Crippen LogP contribution in [-0.4, -0.2) is 34.8 Å². The van der Waals surface area contributed by atoms with E-state index in [-0.39, 0.29) is 22.7 Å². The van der Waals surface area contributed by atoms with Gasteiger partial charge in [-0.3, -0.25) is 10.1 Å². The summed E-state index contributed by atoms with van der Waals surface area (Å²) in [6, 6.07) is 3.95. The molecule has 0 spiro atoms. The number of hydrogen-bond acceptors (Lipinski definition) is 5. The van der Waals surface area contributed by atoms with Gasteiger partial charge in [0, 0.05) is 11.1 Å². The molecule has 2 unspecified atom stereocenters. The Morgan fingerprint density at radius 1 is 1.50 bits per heavy atom. The lowest BCUT2D eigenvalue weighted by Gasteiger charge is -2.18. The highest BCUT2D eigenvalue weighted by molar-refractivity contribution is 6.30. The van der Waals surface area contributed by atoms with Gasteiger partial charge in [-0.1, -0.05) is 11.6 Å². The van der Waals surface area contributed by atoms with Crippen molar-refractivity contribution >= 4 is 17.3 Å². The van der Waals surface area contributed by atoms with Crippen LogP contribution in [0.25, 0.3) is 0 Å². The van der Waals surface area contributed by atoms with Gasteiger partial charge in [0.25, 0.3) is 5.69 Å². The van der Waals surface area contributed by atoms with Gasteiger partial charge in [0.2, 0.25) is 0 Å². The van der Waals surface area contributed by atoms with E-state index in [1.54, 1.807) is 7.05 Å². The van der Waals surface area contributed by atoms with Gasteiger partial charge >= 0.3 is 0 Å². The molecule has 100 valence electrons. The van der Waals surface area contributed by atoms with Crippen LogP contribution in [0, 0.1) is 10.1 Å². The van der Waals surface area contributed by atoms with E-state index < -0.39 is 17.1 Å². The number of aliphatic hydroxyl groups excluding tert-OH is 2. The van der Waals surface area contributed by atoms with E-state index in [0.29, 0.717) is 6.54 Å². The molecule has 18 heavy (non-hydrogen) atoms. The van der Waals surface area contributed by atoms with Crippen LogP contribution in [0.3, 0.4) is 0 Å². The van der Waals surface area contributed by atoms with Crippen molar-refractivity contribution in [1.82, 2.24) is 5.32 Å². The summed E-state index contributed by atoms with van der Waals surface area (Å²) in [6.45, 7) is 0.500. The molecule has 2 atom stereocenters. The van der Waals surface area contributed by atoms with Crippen LogP contribution in [0.4, 0.5) is 5.69 Å². The van der Waals surface area contributed by atoms with Gasteiger partial charge in [0.1, 0.15) is 6.10 Å². The third-order valence-corrected chi connectivity index (χ3v) is 2.80. The van der Waals surface area contributed by atoms with Crippen molar-refractivity contribution in [3.05, 3.63) is 38.9 Å². The molecule has 0 amide bonds. The fraction of sp³-hybridized carbons (Fsp3) is 0.455. The molecule has 0 aromatic heterocycles. The van der Waals surface area contributed by atoms with Gasteiger partial charge in [0.15, 0.2) is 0 Å². The monoisotopic (exact) mass is 274 g/mol. The maximum Gasteiger partial charge on any atom is 0.276 e. The molecule has 0 radical (unpaired) electrons. The van der Waals surface area contributed by atoms with Gasteiger partial charge in [-0.2, -0.15) is 0 Å². The summed E-state index contributed by atoms with van der Waals surface area (Å²) in [5, 5.41) is 33.5. The quantitative estimate of drug-likeness (QED) is 0.536. The van der Waals surface area contributed by atoms with Crippen molar-refractivity contribution in [2.24, 2.45) is 0 Å². The lowest BCUT2D eigenvalue weighted by Crippen LogP contribution is -2.23. The van der Waals surface area contributed by atoms with Crippen LogP contribution in [-0.2, 0) is 0 Å². The summed E-state index contributed by atoms with van der Waals surface area (Å²) >= 11 is 5.67. The lowest BCUT2D eigenvalue weighted by molar-refractivity contribution is -0.386. The van der Waals surface area contributed by atoms with Crippen LogP contribution >= 0.6 is 11.6 Å². The maximum atomic E-state index is 10.9. The number of rotatable bonds is 6. The third kappa shape index (κ3) is 3.64. The molecular weight excluding hydrogens is 260 g/mol. The molecule has 0 saturated heterocycles. The summed E-state index contributed by atoms with van der Waals surface area (Å²) in [7, 11) is 1.71. The van der Waals surface area contributed by atoms with E-state index in [0.717, 1.165) is 6.07 Å². The number of halogens is 1. The van der Waals surface area contributed by atoms with E-state index >= 15 is 0 Å². The van der Waals surface area contributed by atoms with Crippen LogP contribution in [0.2, 0.25) is 5.02 Å². The number of benzene rings is 1. The maximum absolute atomic E-state index is 10.9. The van der Waals surface area contributed by atoms with Gasteiger partial charge in [0.05, 0.1) is 16.6 Å². The minimum Gasteiger partial charge on any atom is -0.390 e. The average molecular weight is 275 g/mol. The Hall–Kier alpha value is -1.21. The standard InChI is InChI=1S/C11H15ClN2O4/c1-13-5-4-10(15)11(16)8-3-2-7(12)6-9(8)14(17)18/h2-3,6,10-11,13,15-16H,4-5H2,1H3. The second-order valence-electron chi connectivity index (χ2n) is 3.86. The SMILES string of the molecule is CNCCC(O)C(O)c1ccc(Cl)cc1[N+](=O)[O-]. The van der Waals surface area contributed by atoms with Gasteiger partial charge in [-0.15, -0.1) is 0 Å². The molecule has 6 nitrogen and oxygen atoms in total. The number of hydrogen-bond donors (Lipinski definition) is 3. The molecule has 0 heterocycles. The second kappa shape index (κ2) is 6.65. The summed E-state index contributed by atoms with van der Waals surface area (Å²) < 4.78 is 0. The van der Waals surface area contributed by atoms with E-state index in [2.05, 4.69) is 5.32 Å². The van der Waals surface area contributed by atoms with Crippen molar-refractivity contribution in [3.8, 4) is 0 Å². The first-order valence-electron chi connectivity index (χ1n) is 5.42. The molecule has 0 fully saturated rings. The number of nitro groups is 1. The Labute approximate surface area is 109 Å². The van der Waals surface area contributed by atoms with E-state index in [9.17, 15) is 20.3 Å². The Bertz CT molecular complexity index is 428. The highest BCUT2D eigenvalue weighted by atomic mass is 35.5. The Morgan fingerprint density at radius 3 is 2.72 bits per heavy atom. The molecule has 0 aliphatic heterocycles. The van der Waals surface area contributed by atoms with Gasteiger partial charge in [-0.05, 0) is 32.1 Å². The van der Waals surface area contributed by atoms with Crippen molar-refractivity contribution in [1.29, 1.82) is 0 Å². The van der Waals surface area contributed by atoms with Crippen LogP contribution < -0.4 is 5.32 Å². The number of nitrogens with one attached hydrogen (secondary N) is 1. The summed E-state index contributed by atoms with van der Waals surface area (Å²) in [6.07, 6.45) is -2.09. The second-order valence-corrected chi connectivity index (χ2v) is 4.30. The molecule has 7 heteroatoms. The minimum atomic E-state index is -1.31. The fourth-order valence-electron chi connectivity index (χ4n) is 1.58. The van der Waals surface area contributed by atoms with Gasteiger partial charge in [-0.25, -0.2) is 0 Å². The van der Waals surface area contributed by atoms with E-state index in [1.807, 2.05) is 0 Å². The van der Waals surface area contributed by atoms with Crippen molar-refractivity contribution in [2.45, 2.75) is 18.6 Å². The summed E-state index contributed by atoms with van der Waals surface area (Å²) in [5.41, 5.74) is -0.230. The Morgan fingerprint density at radius 2 is 2.17 bits per heavy atom. The first-order chi connectivity index (χ1) is 8.47. The predicted octanol–water partition coefficient (Wildman–Crippen LogP) is 1.25. The largest absolute Gasteiger partial charge is 0.390 e. The average Bonchev–Trinajstić information content (AvgIpc) is 2.34. The molecular formula is C11H15ClN2O4. The topological polar surface area (TPSA) is 95.6 Å². The fourth-order valence-corrected chi connectivity index (χ4v) is 1.75. The first kappa shape index (κ1) is 14.8. The minimum absolute atomic E-state index is 0.0630. The molecule has 0 aliphatic rings. The van der Waals surface area contributed by atoms with Crippen molar-refractivity contribution in [3.63, 3.8) is 0 Å². The van der Waals surface area contributed by atoms with E-state index in [4.69, 9.17) is 11.6 Å². The van der Waals surface area contributed by atoms with Crippen LogP contribution in [0.1, 0.15) is 18.1 Å². The van der Waals surface area contributed by atoms with Gasteiger partial charge < -0.3 is 15.5 Å².